The lowest BCUT2D eigenvalue weighted by Crippen LogP contribution is -2.01. The molecule has 1 unspecified atom stereocenters. The standard InChI is InChI=1S/C10H10ClN3S/c1-6(12)8-5-14-10(15-8)9-7(11)3-2-4-13-9/h2-6H,12H2,1H3. The van der Waals surface area contributed by atoms with E-state index < -0.39 is 0 Å². The van der Waals surface area contributed by atoms with E-state index in [9.17, 15) is 0 Å². The van der Waals surface area contributed by atoms with Crippen LogP contribution in [0, 0.1) is 0 Å². The number of nitrogens with zero attached hydrogens (tertiary/aromatic N) is 2. The molecule has 0 aliphatic carbocycles. The summed E-state index contributed by atoms with van der Waals surface area (Å²) in [5.74, 6) is 0. The largest absolute Gasteiger partial charge is 0.323 e. The smallest absolute Gasteiger partial charge is 0.143 e. The second-order valence-electron chi connectivity index (χ2n) is 3.19. The van der Waals surface area contributed by atoms with Crippen molar-refractivity contribution < 1.29 is 0 Å². The summed E-state index contributed by atoms with van der Waals surface area (Å²) in [4.78, 5) is 9.49. The highest BCUT2D eigenvalue weighted by Crippen LogP contribution is 2.30. The van der Waals surface area contributed by atoms with Gasteiger partial charge in [-0.2, -0.15) is 0 Å². The molecule has 5 heteroatoms. The molecule has 0 saturated carbocycles. The fourth-order valence-electron chi connectivity index (χ4n) is 1.15. The number of rotatable bonds is 2. The fraction of sp³-hybridized carbons (Fsp3) is 0.200. The van der Waals surface area contributed by atoms with Gasteiger partial charge < -0.3 is 5.73 Å². The van der Waals surface area contributed by atoms with Crippen molar-refractivity contribution in [2.45, 2.75) is 13.0 Å². The topological polar surface area (TPSA) is 51.8 Å². The van der Waals surface area contributed by atoms with Crippen LogP contribution in [0.5, 0.6) is 0 Å². The molecular weight excluding hydrogens is 230 g/mol. The second kappa shape index (κ2) is 4.26. The number of nitrogens with two attached hydrogens (primary N) is 1. The first-order valence-electron chi connectivity index (χ1n) is 4.50. The molecule has 0 radical (unpaired) electrons. The predicted octanol–water partition coefficient (Wildman–Crippen LogP) is 2.88. The van der Waals surface area contributed by atoms with Gasteiger partial charge in [0.2, 0.25) is 0 Å². The highest BCUT2D eigenvalue weighted by Gasteiger charge is 2.10. The molecule has 2 rings (SSSR count). The third kappa shape index (κ3) is 2.17. The van der Waals surface area contributed by atoms with Crippen LogP contribution in [0.4, 0.5) is 0 Å². The zero-order valence-corrected chi connectivity index (χ0v) is 9.72. The highest BCUT2D eigenvalue weighted by atomic mass is 35.5. The van der Waals surface area contributed by atoms with Crippen LogP contribution in [0.1, 0.15) is 17.8 Å². The first kappa shape index (κ1) is 10.5. The number of halogens is 1. The molecule has 1 atom stereocenters. The first-order valence-corrected chi connectivity index (χ1v) is 5.70. The third-order valence-electron chi connectivity index (χ3n) is 1.93. The van der Waals surface area contributed by atoms with E-state index in [0.717, 1.165) is 15.6 Å². The molecule has 0 spiro atoms. The lowest BCUT2D eigenvalue weighted by atomic mass is 10.3. The summed E-state index contributed by atoms with van der Waals surface area (Å²) in [7, 11) is 0. The van der Waals surface area contributed by atoms with Gasteiger partial charge in [0.25, 0.3) is 0 Å². The zero-order chi connectivity index (χ0) is 10.8. The summed E-state index contributed by atoms with van der Waals surface area (Å²) in [6.07, 6.45) is 3.48. The number of hydrogen-bond acceptors (Lipinski definition) is 4. The molecule has 0 fully saturated rings. The maximum atomic E-state index is 6.02. The molecule has 0 amide bonds. The Bertz CT molecular complexity index is 467. The van der Waals surface area contributed by atoms with Gasteiger partial charge in [-0.05, 0) is 19.1 Å². The summed E-state index contributed by atoms with van der Waals surface area (Å²) < 4.78 is 0. The van der Waals surface area contributed by atoms with Gasteiger partial charge in [0, 0.05) is 23.3 Å². The van der Waals surface area contributed by atoms with Gasteiger partial charge in [0.15, 0.2) is 0 Å². The first-order chi connectivity index (χ1) is 7.18. The van der Waals surface area contributed by atoms with Crippen molar-refractivity contribution in [2.75, 3.05) is 0 Å². The van der Waals surface area contributed by atoms with Gasteiger partial charge in [0.05, 0.1) is 5.02 Å². The van der Waals surface area contributed by atoms with E-state index >= 15 is 0 Å². The van der Waals surface area contributed by atoms with Gasteiger partial charge in [-0.15, -0.1) is 11.3 Å². The lowest BCUT2D eigenvalue weighted by Gasteiger charge is -1.98. The Morgan fingerprint density at radius 2 is 2.27 bits per heavy atom. The molecule has 2 aromatic heterocycles. The average molecular weight is 240 g/mol. The van der Waals surface area contributed by atoms with E-state index in [1.165, 1.54) is 11.3 Å². The minimum Gasteiger partial charge on any atom is -0.323 e. The Morgan fingerprint density at radius 3 is 2.87 bits per heavy atom. The SMILES string of the molecule is CC(N)c1cnc(-c2ncccc2Cl)s1. The van der Waals surface area contributed by atoms with Crippen LogP contribution in [0.15, 0.2) is 24.5 Å². The quantitative estimate of drug-likeness (QED) is 0.877. The minimum atomic E-state index is -0.00117. The molecule has 0 saturated heterocycles. The number of pyridine rings is 1. The minimum absolute atomic E-state index is 0.00117. The van der Waals surface area contributed by atoms with Gasteiger partial charge in [-0.3, -0.25) is 4.98 Å². The third-order valence-corrected chi connectivity index (χ3v) is 3.44. The Morgan fingerprint density at radius 1 is 1.47 bits per heavy atom. The molecule has 2 heterocycles. The molecule has 0 aliphatic rings. The summed E-state index contributed by atoms with van der Waals surface area (Å²) in [5.41, 5.74) is 6.48. The van der Waals surface area contributed by atoms with Crippen molar-refractivity contribution in [3.8, 4) is 10.7 Å². The maximum Gasteiger partial charge on any atom is 0.143 e. The molecular formula is C10H10ClN3S. The normalized spacial score (nSPS) is 12.7. The number of thiazole rings is 1. The summed E-state index contributed by atoms with van der Waals surface area (Å²) in [5, 5.41) is 1.43. The molecule has 15 heavy (non-hydrogen) atoms. The van der Waals surface area contributed by atoms with Crippen LogP contribution in [-0.2, 0) is 0 Å². The Balaban J connectivity index is 2.42. The van der Waals surface area contributed by atoms with E-state index in [-0.39, 0.29) is 6.04 Å². The van der Waals surface area contributed by atoms with Gasteiger partial charge in [0.1, 0.15) is 10.7 Å². The lowest BCUT2D eigenvalue weighted by molar-refractivity contribution is 0.835. The van der Waals surface area contributed by atoms with Crippen LogP contribution in [0.3, 0.4) is 0 Å². The van der Waals surface area contributed by atoms with Crippen molar-refractivity contribution in [1.82, 2.24) is 9.97 Å². The molecule has 0 aromatic carbocycles. The predicted molar refractivity (Wildman–Crippen MR) is 63.0 cm³/mol. The van der Waals surface area contributed by atoms with Crippen molar-refractivity contribution in [1.29, 1.82) is 0 Å². The van der Waals surface area contributed by atoms with Crippen LogP contribution < -0.4 is 5.73 Å². The average Bonchev–Trinajstić information content (AvgIpc) is 2.67. The van der Waals surface area contributed by atoms with Crippen LogP contribution in [0.25, 0.3) is 10.7 Å². The van der Waals surface area contributed by atoms with E-state index in [0.29, 0.717) is 5.02 Å². The maximum absolute atomic E-state index is 6.02. The fourth-order valence-corrected chi connectivity index (χ4v) is 2.30. The Labute approximate surface area is 96.9 Å². The van der Waals surface area contributed by atoms with Crippen molar-refractivity contribution in [2.24, 2.45) is 5.73 Å². The Hall–Kier alpha value is -0.970. The zero-order valence-electron chi connectivity index (χ0n) is 8.14. The van der Waals surface area contributed by atoms with Crippen molar-refractivity contribution in [3.63, 3.8) is 0 Å². The van der Waals surface area contributed by atoms with Crippen molar-refractivity contribution >= 4 is 22.9 Å². The molecule has 2 N–H and O–H groups in total. The molecule has 3 nitrogen and oxygen atoms in total. The Kier molecular flexibility index (Phi) is 3.00. The molecule has 78 valence electrons. The van der Waals surface area contributed by atoms with Gasteiger partial charge in [-0.1, -0.05) is 11.6 Å². The summed E-state index contributed by atoms with van der Waals surface area (Å²) >= 11 is 7.55. The van der Waals surface area contributed by atoms with E-state index in [1.807, 2.05) is 6.92 Å². The highest BCUT2D eigenvalue weighted by molar-refractivity contribution is 7.15. The van der Waals surface area contributed by atoms with Crippen LogP contribution >= 0.6 is 22.9 Å². The van der Waals surface area contributed by atoms with Crippen LogP contribution in [0.2, 0.25) is 5.02 Å². The van der Waals surface area contributed by atoms with Gasteiger partial charge >= 0.3 is 0 Å². The number of aromatic nitrogens is 2. The molecule has 2 aromatic rings. The molecule has 0 aliphatic heterocycles. The van der Waals surface area contributed by atoms with Crippen LogP contribution in [-0.4, -0.2) is 9.97 Å². The van der Waals surface area contributed by atoms with E-state index in [4.69, 9.17) is 17.3 Å². The number of hydrogen-bond donors (Lipinski definition) is 1. The van der Waals surface area contributed by atoms with E-state index in [2.05, 4.69) is 9.97 Å². The second-order valence-corrected chi connectivity index (χ2v) is 4.66. The monoisotopic (exact) mass is 239 g/mol. The van der Waals surface area contributed by atoms with E-state index in [1.54, 1.807) is 24.5 Å². The van der Waals surface area contributed by atoms with Crippen molar-refractivity contribution in [3.05, 3.63) is 34.4 Å². The summed E-state index contributed by atoms with van der Waals surface area (Å²) in [6, 6.07) is 3.60. The van der Waals surface area contributed by atoms with Gasteiger partial charge in [-0.25, -0.2) is 4.98 Å². The molecule has 0 bridgehead atoms. The summed E-state index contributed by atoms with van der Waals surface area (Å²) in [6.45, 7) is 1.93.